The van der Waals surface area contributed by atoms with E-state index in [0.29, 0.717) is 0 Å². The predicted octanol–water partition coefficient (Wildman–Crippen LogP) is -0.614. The summed E-state index contributed by atoms with van der Waals surface area (Å²) in [6.07, 6.45) is -0.516. The van der Waals surface area contributed by atoms with E-state index in [4.69, 9.17) is 0 Å². The SMILES string of the molecule is CN(CC1CN=[N+]([O-])O1)[N+](=O)[O-]. The fraction of sp³-hybridized carbons (Fsp3) is 1.00. The van der Waals surface area contributed by atoms with Crippen molar-refractivity contribution in [1.29, 1.82) is 0 Å². The number of nitrogens with zero attached hydrogens (tertiary/aromatic N) is 4. The zero-order chi connectivity index (χ0) is 9.14. The van der Waals surface area contributed by atoms with Crippen LogP contribution >= 0.6 is 0 Å². The van der Waals surface area contributed by atoms with Crippen LogP contribution in [-0.4, -0.2) is 41.3 Å². The Labute approximate surface area is 67.7 Å². The normalized spacial score (nSPS) is 21.4. The monoisotopic (exact) mass is 176 g/mol. The van der Waals surface area contributed by atoms with Crippen LogP contribution in [0.3, 0.4) is 0 Å². The zero-order valence-electron chi connectivity index (χ0n) is 6.41. The number of hydrogen-bond acceptors (Lipinski definition) is 5. The molecule has 1 atom stereocenters. The Kier molecular flexibility index (Phi) is 2.26. The van der Waals surface area contributed by atoms with Gasteiger partial charge in [-0.1, -0.05) is 0 Å². The minimum Gasteiger partial charge on any atom is -0.373 e. The summed E-state index contributed by atoms with van der Waals surface area (Å²) in [5.74, 6) is 0. The molecule has 0 saturated heterocycles. The molecule has 0 saturated carbocycles. The van der Waals surface area contributed by atoms with Crippen molar-refractivity contribution in [3.05, 3.63) is 15.3 Å². The molecular weight excluding hydrogens is 168 g/mol. The fourth-order valence-electron chi connectivity index (χ4n) is 0.804. The molecule has 0 fully saturated rings. The molecule has 68 valence electrons. The first-order chi connectivity index (χ1) is 5.59. The second kappa shape index (κ2) is 3.20. The number of nitro groups is 1. The van der Waals surface area contributed by atoms with Crippen molar-refractivity contribution in [3.8, 4) is 0 Å². The minimum absolute atomic E-state index is 0.0508. The quantitative estimate of drug-likeness (QED) is 0.324. The molecule has 0 N–H and O–H groups in total. The molecule has 0 aromatic heterocycles. The Bertz CT molecular complexity index is 217. The molecular formula is C4H8N4O4. The van der Waals surface area contributed by atoms with Gasteiger partial charge in [-0.05, 0) is 0 Å². The molecule has 1 aliphatic heterocycles. The van der Waals surface area contributed by atoms with Gasteiger partial charge in [0.1, 0.15) is 12.6 Å². The highest BCUT2D eigenvalue weighted by atomic mass is 16.9. The summed E-state index contributed by atoms with van der Waals surface area (Å²) < 4.78 is 0. The van der Waals surface area contributed by atoms with Gasteiger partial charge >= 0.3 is 0 Å². The third-order valence-corrected chi connectivity index (χ3v) is 1.39. The molecule has 0 radical (unpaired) electrons. The van der Waals surface area contributed by atoms with E-state index in [1.165, 1.54) is 7.05 Å². The van der Waals surface area contributed by atoms with Crippen LogP contribution in [0.5, 0.6) is 0 Å². The molecule has 0 aromatic carbocycles. The molecule has 1 aliphatic rings. The molecule has 0 aromatic rings. The van der Waals surface area contributed by atoms with Gasteiger partial charge in [-0.3, -0.25) is 0 Å². The Hall–Kier alpha value is -1.60. The van der Waals surface area contributed by atoms with Crippen LogP contribution in [0.25, 0.3) is 0 Å². The van der Waals surface area contributed by atoms with Gasteiger partial charge < -0.3 is 4.84 Å². The van der Waals surface area contributed by atoms with Crippen LogP contribution < -0.4 is 0 Å². The molecule has 12 heavy (non-hydrogen) atoms. The predicted molar refractivity (Wildman–Crippen MR) is 35.4 cm³/mol. The summed E-state index contributed by atoms with van der Waals surface area (Å²) in [5.41, 5.74) is 0. The molecule has 0 bridgehead atoms. The van der Waals surface area contributed by atoms with Gasteiger partial charge in [0.25, 0.3) is 0 Å². The number of likely N-dealkylation sites (N-methyl/N-ethyl adjacent to an activating group) is 1. The first kappa shape index (κ1) is 8.50. The van der Waals surface area contributed by atoms with Crippen molar-refractivity contribution in [3.63, 3.8) is 0 Å². The lowest BCUT2D eigenvalue weighted by Gasteiger charge is -2.12. The Morgan fingerprint density at radius 3 is 3.00 bits per heavy atom. The first-order valence-electron chi connectivity index (χ1n) is 3.26. The van der Waals surface area contributed by atoms with Gasteiger partial charge in [0.15, 0.2) is 10.1 Å². The van der Waals surface area contributed by atoms with E-state index in [1.54, 1.807) is 0 Å². The summed E-state index contributed by atoms with van der Waals surface area (Å²) in [5, 5.41) is 24.2. The van der Waals surface area contributed by atoms with Gasteiger partial charge in [-0.15, -0.1) is 5.01 Å². The smallest absolute Gasteiger partial charge is 0.169 e. The van der Waals surface area contributed by atoms with Crippen LogP contribution in [0.15, 0.2) is 5.11 Å². The van der Waals surface area contributed by atoms with E-state index in [0.717, 1.165) is 5.01 Å². The first-order valence-corrected chi connectivity index (χ1v) is 3.26. The maximum absolute atomic E-state index is 10.3. The van der Waals surface area contributed by atoms with Crippen molar-refractivity contribution >= 4 is 0 Å². The largest absolute Gasteiger partial charge is 0.373 e. The lowest BCUT2D eigenvalue weighted by atomic mass is 10.3. The highest BCUT2D eigenvalue weighted by Crippen LogP contribution is 2.04. The molecule has 0 spiro atoms. The van der Waals surface area contributed by atoms with Gasteiger partial charge in [0.2, 0.25) is 0 Å². The topological polar surface area (TPSA) is 94.0 Å². The summed E-state index contributed by atoms with van der Waals surface area (Å²) >= 11 is 0. The van der Waals surface area contributed by atoms with E-state index in [2.05, 4.69) is 9.95 Å². The van der Waals surface area contributed by atoms with Crippen LogP contribution in [0, 0.1) is 15.3 Å². The number of rotatable bonds is 3. The van der Waals surface area contributed by atoms with Crippen molar-refractivity contribution in [2.45, 2.75) is 6.10 Å². The molecule has 8 nitrogen and oxygen atoms in total. The summed E-state index contributed by atoms with van der Waals surface area (Å²) in [6, 6.07) is 0. The van der Waals surface area contributed by atoms with Gasteiger partial charge in [-0.2, -0.15) is 0 Å². The van der Waals surface area contributed by atoms with Crippen molar-refractivity contribution in [2.75, 3.05) is 20.1 Å². The highest BCUT2D eigenvalue weighted by molar-refractivity contribution is 4.60. The van der Waals surface area contributed by atoms with E-state index in [9.17, 15) is 15.3 Å². The fourth-order valence-corrected chi connectivity index (χ4v) is 0.804. The molecule has 0 aliphatic carbocycles. The third-order valence-electron chi connectivity index (χ3n) is 1.39. The summed E-state index contributed by atoms with van der Waals surface area (Å²) in [4.78, 5) is 14.7. The van der Waals surface area contributed by atoms with Crippen molar-refractivity contribution < 1.29 is 14.9 Å². The van der Waals surface area contributed by atoms with E-state index in [1.807, 2.05) is 0 Å². The van der Waals surface area contributed by atoms with Gasteiger partial charge in [0, 0.05) is 5.11 Å². The average molecular weight is 176 g/mol. The Morgan fingerprint density at radius 2 is 2.58 bits per heavy atom. The minimum atomic E-state index is -0.573. The maximum atomic E-state index is 10.3. The molecule has 8 heteroatoms. The van der Waals surface area contributed by atoms with Gasteiger partial charge in [-0.25, -0.2) is 15.3 Å². The van der Waals surface area contributed by atoms with E-state index < -0.39 is 11.1 Å². The summed E-state index contributed by atoms with van der Waals surface area (Å²) in [6.45, 7) is 0.219. The third kappa shape index (κ3) is 1.94. The highest BCUT2D eigenvalue weighted by Gasteiger charge is 2.23. The van der Waals surface area contributed by atoms with Crippen LogP contribution in [0.1, 0.15) is 0 Å². The number of hydrogen-bond donors (Lipinski definition) is 0. The molecule has 1 heterocycles. The van der Waals surface area contributed by atoms with Gasteiger partial charge in [0.05, 0.1) is 13.6 Å². The second-order valence-electron chi connectivity index (χ2n) is 2.37. The lowest BCUT2D eigenvalue weighted by Crippen LogP contribution is -2.35. The molecule has 0 amide bonds. The van der Waals surface area contributed by atoms with Crippen LogP contribution in [-0.2, 0) is 4.84 Å². The second-order valence-corrected chi connectivity index (χ2v) is 2.37. The van der Waals surface area contributed by atoms with Crippen LogP contribution in [0.4, 0.5) is 0 Å². The Balaban J connectivity index is 2.30. The Morgan fingerprint density at radius 1 is 1.92 bits per heavy atom. The summed E-state index contributed by atoms with van der Waals surface area (Å²) in [7, 11) is 1.30. The number of hydrazine groups is 1. The van der Waals surface area contributed by atoms with Crippen LogP contribution in [0.2, 0.25) is 0 Å². The van der Waals surface area contributed by atoms with E-state index in [-0.39, 0.29) is 18.1 Å². The van der Waals surface area contributed by atoms with Crippen molar-refractivity contribution in [2.24, 2.45) is 5.11 Å². The van der Waals surface area contributed by atoms with Crippen molar-refractivity contribution in [1.82, 2.24) is 5.01 Å². The average Bonchev–Trinajstić information content (AvgIpc) is 2.35. The zero-order valence-corrected chi connectivity index (χ0v) is 6.41. The molecule has 1 rings (SSSR count). The maximum Gasteiger partial charge on any atom is 0.169 e. The standard InChI is InChI=1S/C4H8N4O4/c1-6(8(10)11)3-4-2-5-7(9)12-4/h4H,2-3H2,1H3. The van der Waals surface area contributed by atoms with E-state index >= 15 is 0 Å². The lowest BCUT2D eigenvalue weighted by molar-refractivity contribution is -0.783. The molecule has 1 unspecified atom stereocenters.